The fourth-order valence-electron chi connectivity index (χ4n) is 2.58. The Balaban J connectivity index is 2.16. The van der Waals surface area contributed by atoms with Gasteiger partial charge in [-0.3, -0.25) is 13.9 Å². The van der Waals surface area contributed by atoms with E-state index in [0.717, 1.165) is 10.6 Å². The maximum absolute atomic E-state index is 12.5. The van der Waals surface area contributed by atoms with E-state index in [2.05, 4.69) is 11.9 Å². The predicted octanol–water partition coefficient (Wildman–Crippen LogP) is 2.36. The summed E-state index contributed by atoms with van der Waals surface area (Å²) in [6.07, 6.45) is 2.62. The number of rotatable bonds is 9. The molecule has 30 heavy (non-hydrogen) atoms. The van der Waals surface area contributed by atoms with E-state index in [1.165, 1.54) is 29.2 Å². The van der Waals surface area contributed by atoms with E-state index in [9.17, 15) is 18.0 Å². The Kier molecular flexibility index (Phi) is 7.60. The minimum absolute atomic E-state index is 0.205. The third kappa shape index (κ3) is 6.35. The number of nitrogens with one attached hydrogen (secondary N) is 1. The number of carbonyl (C=O) groups excluding carboxylic acids is 2. The molecule has 2 aromatic rings. The highest BCUT2D eigenvalue weighted by atomic mass is 32.2. The average Bonchev–Trinajstić information content (AvgIpc) is 2.69. The Morgan fingerprint density at radius 1 is 1.13 bits per heavy atom. The molecule has 0 heterocycles. The number of amides is 2. The van der Waals surface area contributed by atoms with Crippen molar-refractivity contribution in [1.29, 1.82) is 0 Å². The number of ether oxygens (including phenoxy) is 1. The Labute approximate surface area is 176 Å². The first-order valence-corrected chi connectivity index (χ1v) is 10.9. The van der Waals surface area contributed by atoms with E-state index < -0.39 is 22.5 Å². The molecule has 1 N–H and O–H groups in total. The van der Waals surface area contributed by atoms with E-state index in [0.29, 0.717) is 23.6 Å². The van der Waals surface area contributed by atoms with Gasteiger partial charge in [0.2, 0.25) is 15.9 Å². The van der Waals surface area contributed by atoms with Gasteiger partial charge in [-0.2, -0.15) is 0 Å². The molecule has 2 amide bonds. The largest absolute Gasteiger partial charge is 0.489 e. The van der Waals surface area contributed by atoms with Crippen molar-refractivity contribution in [3.05, 3.63) is 66.7 Å². The molecule has 0 aliphatic heterocycles. The summed E-state index contributed by atoms with van der Waals surface area (Å²) in [5, 5.41) is 2.66. The number of hydrogen-bond acceptors (Lipinski definition) is 5. The lowest BCUT2D eigenvalue weighted by Gasteiger charge is -2.22. The fraction of sp³-hybridized carbons (Fsp3) is 0.238. The average molecular weight is 432 g/mol. The molecule has 0 unspecified atom stereocenters. The van der Waals surface area contributed by atoms with Crippen LogP contribution in [0.3, 0.4) is 0 Å². The molecule has 0 fully saturated rings. The first-order chi connectivity index (χ1) is 14.1. The number of hydrogen-bond donors (Lipinski definition) is 1. The number of nitrogens with zero attached hydrogens (tertiary/aromatic N) is 2. The Bertz CT molecular complexity index is 1020. The molecule has 0 saturated carbocycles. The zero-order chi connectivity index (χ0) is 22.3. The van der Waals surface area contributed by atoms with Crippen molar-refractivity contribution in [3.8, 4) is 5.75 Å². The second-order valence-electron chi connectivity index (χ2n) is 6.69. The number of sulfonamides is 1. The molecule has 9 heteroatoms. The third-order valence-electron chi connectivity index (χ3n) is 3.98. The molecule has 0 aliphatic rings. The van der Waals surface area contributed by atoms with E-state index in [4.69, 9.17) is 4.74 Å². The summed E-state index contributed by atoms with van der Waals surface area (Å²) >= 11 is 0. The summed E-state index contributed by atoms with van der Waals surface area (Å²) in [6, 6.07) is 12.8. The van der Waals surface area contributed by atoms with Crippen LogP contribution < -0.4 is 14.4 Å². The maximum atomic E-state index is 12.5. The standard InChI is InChI=1S/C21H25N3O5S/c1-5-13-29-19-8-6-7-17(14-19)22-20(25)15-24(30(4,27)28)18-11-9-16(10-12-18)21(26)23(2)3/h5-12,14H,1,13,15H2,2-4H3,(H,22,25). The van der Waals surface area contributed by atoms with Crippen LogP contribution in [-0.2, 0) is 14.8 Å². The SMILES string of the molecule is C=CCOc1cccc(NC(=O)CN(c2ccc(C(=O)N(C)C)cc2)S(C)(=O)=O)c1. The summed E-state index contributed by atoms with van der Waals surface area (Å²) in [6.45, 7) is 3.48. The van der Waals surface area contributed by atoms with Crippen LogP contribution in [0.2, 0.25) is 0 Å². The van der Waals surface area contributed by atoms with Crippen LogP contribution >= 0.6 is 0 Å². The van der Waals surface area contributed by atoms with E-state index in [1.54, 1.807) is 44.4 Å². The smallest absolute Gasteiger partial charge is 0.253 e. The van der Waals surface area contributed by atoms with E-state index in [-0.39, 0.29) is 11.6 Å². The van der Waals surface area contributed by atoms with E-state index >= 15 is 0 Å². The summed E-state index contributed by atoms with van der Waals surface area (Å²) in [7, 11) is -0.482. The van der Waals surface area contributed by atoms with Gasteiger partial charge in [0.15, 0.2) is 0 Å². The minimum Gasteiger partial charge on any atom is -0.489 e. The first kappa shape index (κ1) is 23.0. The number of benzene rings is 2. The normalized spacial score (nSPS) is 10.8. The van der Waals surface area contributed by atoms with Crippen molar-refractivity contribution < 1.29 is 22.7 Å². The Morgan fingerprint density at radius 3 is 2.37 bits per heavy atom. The van der Waals surface area contributed by atoms with Gasteiger partial charge in [-0.05, 0) is 36.4 Å². The van der Waals surface area contributed by atoms with Gasteiger partial charge in [-0.15, -0.1) is 0 Å². The van der Waals surface area contributed by atoms with Crippen molar-refractivity contribution in [2.75, 3.05) is 43.1 Å². The first-order valence-electron chi connectivity index (χ1n) is 9.05. The molecule has 2 rings (SSSR count). The van der Waals surface area contributed by atoms with E-state index in [1.807, 2.05) is 0 Å². The molecular weight excluding hydrogens is 406 g/mol. The van der Waals surface area contributed by atoms with Gasteiger partial charge in [0, 0.05) is 31.4 Å². The lowest BCUT2D eigenvalue weighted by molar-refractivity contribution is -0.114. The van der Waals surface area contributed by atoms with Gasteiger partial charge < -0.3 is 15.0 Å². The lowest BCUT2D eigenvalue weighted by Crippen LogP contribution is -2.37. The van der Waals surface area contributed by atoms with Crippen molar-refractivity contribution in [2.45, 2.75) is 0 Å². The van der Waals surface area contributed by atoms with Crippen LogP contribution in [0, 0.1) is 0 Å². The lowest BCUT2D eigenvalue weighted by atomic mass is 10.2. The summed E-state index contributed by atoms with van der Waals surface area (Å²) < 4.78 is 30.9. The van der Waals surface area contributed by atoms with Crippen molar-refractivity contribution >= 4 is 33.2 Å². The zero-order valence-electron chi connectivity index (χ0n) is 17.2. The molecule has 160 valence electrons. The van der Waals surface area contributed by atoms with Crippen LogP contribution in [-0.4, -0.2) is 58.6 Å². The van der Waals surface area contributed by atoms with Crippen LogP contribution in [0.5, 0.6) is 5.75 Å². The zero-order valence-corrected chi connectivity index (χ0v) is 18.0. The summed E-state index contributed by atoms with van der Waals surface area (Å²) in [5.41, 5.74) is 1.17. The third-order valence-corrected chi connectivity index (χ3v) is 5.12. The van der Waals surface area contributed by atoms with Crippen LogP contribution in [0.15, 0.2) is 61.2 Å². The van der Waals surface area contributed by atoms with Crippen molar-refractivity contribution in [2.24, 2.45) is 0 Å². The summed E-state index contributed by atoms with van der Waals surface area (Å²) in [4.78, 5) is 25.9. The monoisotopic (exact) mass is 431 g/mol. The molecule has 0 spiro atoms. The van der Waals surface area contributed by atoms with Crippen molar-refractivity contribution in [1.82, 2.24) is 4.90 Å². The second kappa shape index (κ2) is 9.93. The Hall–Kier alpha value is -3.33. The molecule has 0 aliphatic carbocycles. The molecule has 0 aromatic heterocycles. The van der Waals surface area contributed by atoms with Crippen LogP contribution in [0.4, 0.5) is 11.4 Å². The van der Waals surface area contributed by atoms with Gasteiger partial charge in [0.25, 0.3) is 5.91 Å². The number of carbonyl (C=O) groups is 2. The van der Waals surface area contributed by atoms with Crippen LogP contribution in [0.1, 0.15) is 10.4 Å². The highest BCUT2D eigenvalue weighted by Crippen LogP contribution is 2.20. The van der Waals surface area contributed by atoms with Gasteiger partial charge in [-0.25, -0.2) is 8.42 Å². The molecule has 0 atom stereocenters. The molecular formula is C21H25N3O5S. The fourth-order valence-corrected chi connectivity index (χ4v) is 3.43. The van der Waals surface area contributed by atoms with Gasteiger partial charge >= 0.3 is 0 Å². The maximum Gasteiger partial charge on any atom is 0.253 e. The molecule has 2 aromatic carbocycles. The predicted molar refractivity (Wildman–Crippen MR) is 117 cm³/mol. The van der Waals surface area contributed by atoms with Gasteiger partial charge in [-0.1, -0.05) is 18.7 Å². The number of anilines is 2. The summed E-state index contributed by atoms with van der Waals surface area (Å²) in [5.74, 6) is -0.174. The molecule has 0 saturated heterocycles. The van der Waals surface area contributed by atoms with Crippen LogP contribution in [0.25, 0.3) is 0 Å². The highest BCUT2D eigenvalue weighted by Gasteiger charge is 2.21. The molecule has 8 nitrogen and oxygen atoms in total. The van der Waals surface area contributed by atoms with Gasteiger partial charge in [0.1, 0.15) is 18.9 Å². The quantitative estimate of drug-likeness (QED) is 0.615. The Morgan fingerprint density at radius 2 is 1.80 bits per heavy atom. The minimum atomic E-state index is -3.73. The highest BCUT2D eigenvalue weighted by molar-refractivity contribution is 7.92. The topological polar surface area (TPSA) is 96.0 Å². The van der Waals surface area contributed by atoms with Crippen molar-refractivity contribution in [3.63, 3.8) is 0 Å². The van der Waals surface area contributed by atoms with Gasteiger partial charge in [0.05, 0.1) is 11.9 Å². The second-order valence-corrected chi connectivity index (χ2v) is 8.60. The molecule has 0 bridgehead atoms. The molecule has 0 radical (unpaired) electrons.